The first-order valence-corrected chi connectivity index (χ1v) is 12.7. The Morgan fingerprint density at radius 1 is 1.08 bits per heavy atom. The van der Waals surface area contributed by atoms with Crippen LogP contribution < -0.4 is 14.2 Å². The summed E-state index contributed by atoms with van der Waals surface area (Å²) in [6.45, 7) is 9.30. The van der Waals surface area contributed by atoms with Gasteiger partial charge in [-0.05, 0) is 73.0 Å². The second-order valence-electron chi connectivity index (χ2n) is 8.76. The van der Waals surface area contributed by atoms with E-state index in [4.69, 9.17) is 19.6 Å². The Bertz CT molecular complexity index is 1250. The van der Waals surface area contributed by atoms with Crippen molar-refractivity contribution in [2.45, 2.75) is 34.1 Å². The molecule has 36 heavy (non-hydrogen) atoms. The van der Waals surface area contributed by atoms with Crippen LogP contribution in [0.1, 0.15) is 38.3 Å². The second-order valence-corrected chi connectivity index (χ2v) is 9.80. The molecule has 0 saturated heterocycles. The van der Waals surface area contributed by atoms with Gasteiger partial charge in [0.05, 0.1) is 12.2 Å². The molecule has 0 fully saturated rings. The molecule has 9 heteroatoms. The smallest absolute Gasteiger partial charge is 0.283 e. The molecule has 1 N–H and O–H groups in total. The number of aryl methyl sites for hydroxylation is 1. The molecule has 2 aromatic rings. The average Bonchev–Trinajstić information content (AvgIpc) is 3.22. The first-order valence-electron chi connectivity index (χ1n) is 11.9. The molecule has 0 unspecified atom stereocenters. The van der Waals surface area contributed by atoms with Crippen molar-refractivity contribution in [1.29, 1.82) is 5.41 Å². The molecule has 4 rings (SSSR count). The lowest BCUT2D eigenvalue weighted by atomic mass is 10.1. The van der Waals surface area contributed by atoms with E-state index in [-0.39, 0.29) is 11.4 Å². The van der Waals surface area contributed by atoms with Gasteiger partial charge in [-0.15, -0.1) is 0 Å². The third-order valence-corrected chi connectivity index (χ3v) is 6.19. The summed E-state index contributed by atoms with van der Waals surface area (Å²) in [4.78, 5) is 16.9. The monoisotopic (exact) mass is 506 g/mol. The number of hydrazone groups is 1. The van der Waals surface area contributed by atoms with Crippen LogP contribution in [0.3, 0.4) is 0 Å². The quantitative estimate of drug-likeness (QED) is 0.337. The number of benzene rings is 2. The van der Waals surface area contributed by atoms with Crippen LogP contribution in [0.5, 0.6) is 17.2 Å². The van der Waals surface area contributed by atoms with E-state index in [9.17, 15) is 4.79 Å². The summed E-state index contributed by atoms with van der Waals surface area (Å²) in [5.74, 6) is 1.92. The number of amidine groups is 2. The van der Waals surface area contributed by atoms with E-state index < -0.39 is 5.91 Å². The molecule has 2 aromatic carbocycles. The normalized spacial score (nSPS) is 16.2. The number of hydrogen-bond acceptors (Lipinski definition) is 7. The van der Waals surface area contributed by atoms with Crippen molar-refractivity contribution in [3.8, 4) is 17.2 Å². The van der Waals surface area contributed by atoms with E-state index in [2.05, 4.69) is 23.9 Å². The lowest BCUT2D eigenvalue weighted by Gasteiger charge is -2.20. The summed E-state index contributed by atoms with van der Waals surface area (Å²) in [5.41, 5.74) is 2.01. The Kier molecular flexibility index (Phi) is 8.10. The Balaban J connectivity index is 1.46. The minimum Gasteiger partial charge on any atom is -0.490 e. The number of rotatable bonds is 10. The highest BCUT2D eigenvalue weighted by atomic mass is 32.2. The third kappa shape index (κ3) is 6.15. The first kappa shape index (κ1) is 25.5. The van der Waals surface area contributed by atoms with E-state index in [1.54, 1.807) is 18.2 Å². The minimum atomic E-state index is -0.452. The summed E-state index contributed by atoms with van der Waals surface area (Å²) in [6, 6.07) is 13.3. The van der Waals surface area contributed by atoms with Gasteiger partial charge in [0.2, 0.25) is 5.17 Å². The van der Waals surface area contributed by atoms with Gasteiger partial charge in [0.25, 0.3) is 5.91 Å². The van der Waals surface area contributed by atoms with Crippen molar-refractivity contribution in [3.05, 3.63) is 59.2 Å². The van der Waals surface area contributed by atoms with Crippen molar-refractivity contribution in [2.24, 2.45) is 16.0 Å². The largest absolute Gasteiger partial charge is 0.490 e. The Labute approximate surface area is 215 Å². The van der Waals surface area contributed by atoms with Gasteiger partial charge in [-0.1, -0.05) is 32.0 Å². The fraction of sp³-hybridized carbons (Fsp3) is 0.333. The molecule has 0 bridgehead atoms. The number of ether oxygens (including phenoxy) is 3. The van der Waals surface area contributed by atoms with Crippen LogP contribution in [0.25, 0.3) is 6.08 Å². The summed E-state index contributed by atoms with van der Waals surface area (Å²) >= 11 is 1.35. The highest BCUT2D eigenvalue weighted by molar-refractivity contribution is 8.26. The molecule has 0 radical (unpaired) electrons. The maximum atomic E-state index is 12.7. The van der Waals surface area contributed by atoms with Gasteiger partial charge in [0.1, 0.15) is 24.0 Å². The Morgan fingerprint density at radius 3 is 2.64 bits per heavy atom. The zero-order valence-electron chi connectivity index (χ0n) is 20.9. The fourth-order valence-electron chi connectivity index (χ4n) is 3.65. The number of nitrogens with one attached hydrogen (secondary N) is 1. The van der Waals surface area contributed by atoms with Gasteiger partial charge in [-0.3, -0.25) is 10.2 Å². The molecule has 188 valence electrons. The molecule has 0 aromatic heterocycles. The molecule has 0 saturated carbocycles. The maximum absolute atomic E-state index is 12.7. The number of carbonyl (C=O) groups excluding carboxylic acids is 1. The topological polar surface area (TPSA) is 96.6 Å². The lowest BCUT2D eigenvalue weighted by molar-refractivity contribution is -0.114. The van der Waals surface area contributed by atoms with Crippen LogP contribution in [-0.2, 0) is 4.79 Å². The van der Waals surface area contributed by atoms with E-state index in [1.165, 1.54) is 16.8 Å². The first-order chi connectivity index (χ1) is 17.3. The van der Waals surface area contributed by atoms with Gasteiger partial charge in [0.15, 0.2) is 17.3 Å². The second kappa shape index (κ2) is 11.4. The molecule has 1 amide bonds. The summed E-state index contributed by atoms with van der Waals surface area (Å²) in [7, 11) is 0. The predicted molar refractivity (Wildman–Crippen MR) is 144 cm³/mol. The van der Waals surface area contributed by atoms with Crippen molar-refractivity contribution in [2.75, 3.05) is 19.8 Å². The molecular weight excluding hydrogens is 476 g/mol. The summed E-state index contributed by atoms with van der Waals surface area (Å²) < 4.78 is 17.4. The highest BCUT2D eigenvalue weighted by Crippen LogP contribution is 2.32. The molecule has 0 spiro atoms. The van der Waals surface area contributed by atoms with Gasteiger partial charge in [-0.25, -0.2) is 0 Å². The van der Waals surface area contributed by atoms with Crippen LogP contribution in [0.4, 0.5) is 0 Å². The van der Waals surface area contributed by atoms with Gasteiger partial charge >= 0.3 is 0 Å². The number of hydrogen-bond donors (Lipinski definition) is 1. The Hall–Kier alpha value is -3.59. The number of nitrogens with zero attached hydrogens (tertiary/aromatic N) is 3. The van der Waals surface area contributed by atoms with E-state index in [1.807, 2.05) is 44.2 Å². The summed E-state index contributed by atoms with van der Waals surface area (Å²) in [5, 5.41) is 15.8. The highest BCUT2D eigenvalue weighted by Gasteiger charge is 2.35. The molecule has 0 atom stereocenters. The van der Waals surface area contributed by atoms with E-state index >= 15 is 0 Å². The predicted octanol–water partition coefficient (Wildman–Crippen LogP) is 5.52. The molecule has 2 aliphatic rings. The van der Waals surface area contributed by atoms with Crippen molar-refractivity contribution in [3.63, 3.8) is 0 Å². The van der Waals surface area contributed by atoms with E-state index in [0.29, 0.717) is 48.0 Å². The van der Waals surface area contributed by atoms with E-state index in [0.717, 1.165) is 22.8 Å². The zero-order valence-corrected chi connectivity index (χ0v) is 21.7. The van der Waals surface area contributed by atoms with Crippen LogP contribution in [-0.4, -0.2) is 46.8 Å². The minimum absolute atomic E-state index is 0.0165. The van der Waals surface area contributed by atoms with Gasteiger partial charge in [-0.2, -0.15) is 15.1 Å². The zero-order chi connectivity index (χ0) is 25.7. The third-order valence-electron chi connectivity index (χ3n) is 5.26. The van der Waals surface area contributed by atoms with Gasteiger partial charge < -0.3 is 14.2 Å². The van der Waals surface area contributed by atoms with Crippen LogP contribution in [0.2, 0.25) is 0 Å². The van der Waals surface area contributed by atoms with Crippen molar-refractivity contribution in [1.82, 2.24) is 5.01 Å². The lowest BCUT2D eigenvalue weighted by Crippen LogP contribution is -2.35. The van der Waals surface area contributed by atoms with Crippen LogP contribution >= 0.6 is 11.8 Å². The molecule has 0 aliphatic carbocycles. The van der Waals surface area contributed by atoms with Crippen molar-refractivity contribution < 1.29 is 19.0 Å². The number of fused-ring (bicyclic) bond motifs is 1. The van der Waals surface area contributed by atoms with Crippen LogP contribution in [0.15, 0.2) is 58.1 Å². The molecule has 8 nitrogen and oxygen atoms in total. The SMILES string of the molecule is CCOc1cc(/C=C2/C(=N)N3N=C(CC(C)C)SC3=NC2=O)ccc1OCCOc1cccc(C)c1. The number of carbonyl (C=O) groups is 1. The Morgan fingerprint density at radius 2 is 1.89 bits per heavy atom. The number of aliphatic imine (C=N–C) groups is 1. The van der Waals surface area contributed by atoms with Crippen molar-refractivity contribution >= 4 is 39.8 Å². The maximum Gasteiger partial charge on any atom is 0.283 e. The number of thioether (sulfide) groups is 1. The molecule has 2 heterocycles. The average molecular weight is 507 g/mol. The standard InChI is InChI=1S/C27H30N4O4S/c1-5-33-23-16-19(9-10-22(23)35-12-11-34-20-8-6-7-18(4)14-20)15-21-25(28)31-27(29-26(21)32)36-24(30-31)13-17(2)3/h6-10,14-17,28H,5,11-13H2,1-4H3/b21-15-,28-25?. The van der Waals surface area contributed by atoms with Gasteiger partial charge in [0, 0.05) is 6.42 Å². The van der Waals surface area contributed by atoms with Crippen LogP contribution in [0, 0.1) is 18.3 Å². The fourth-order valence-corrected chi connectivity index (χ4v) is 4.75. The molecule has 2 aliphatic heterocycles. The molecular formula is C27H30N4O4S. The summed E-state index contributed by atoms with van der Waals surface area (Å²) in [6.07, 6.45) is 2.41. The number of amides is 1.